The van der Waals surface area contributed by atoms with Gasteiger partial charge in [-0.15, -0.1) is 51.7 Å². The van der Waals surface area contributed by atoms with Gasteiger partial charge in [-0.1, -0.05) is 135 Å². The Hall–Kier alpha value is -11.8. The number of hydrogen-bond donors (Lipinski definition) is 0. The Morgan fingerprint density at radius 2 is 0.606 bits per heavy atom. The monoisotopic (exact) mass is 1840 g/mol. The van der Waals surface area contributed by atoms with Gasteiger partial charge in [-0.3, -0.25) is 19.9 Å². The number of fused-ring (bicyclic) bond motifs is 2. The summed E-state index contributed by atoms with van der Waals surface area (Å²) in [5, 5.41) is 0. The maximum atomic E-state index is 13.6. The van der Waals surface area contributed by atoms with Gasteiger partial charge in [-0.05, 0) is 34.3 Å². The minimum Gasteiger partial charge on any atom is -0.611 e. The second-order valence-electron chi connectivity index (χ2n) is 22.2. The molecule has 0 radical (unpaired) electrons. The zero-order chi connectivity index (χ0) is 70.3. The summed E-state index contributed by atoms with van der Waals surface area (Å²) in [6.07, 6.45) is 15.3. The maximum absolute atomic E-state index is 13.6. The molecule has 0 atom stereocenters. The number of hydrogen-bond acceptors (Lipinski definition) is 7. The minimum absolute atomic E-state index is 0. The smallest absolute Gasteiger partial charge is 0.611 e. The van der Waals surface area contributed by atoms with Crippen molar-refractivity contribution in [1.29, 1.82) is 0 Å². The molecule has 0 fully saturated rings. The molecule has 0 saturated heterocycles. The molecule has 19 nitrogen and oxygen atoms in total. The maximum Gasteiger partial charge on any atom is 3.00 e. The van der Waals surface area contributed by atoms with E-state index in [2.05, 4.69) is 139 Å². The van der Waals surface area contributed by atoms with Crippen LogP contribution in [0.3, 0.4) is 0 Å². The number of benzene rings is 4. The van der Waals surface area contributed by atoms with Crippen molar-refractivity contribution in [3.05, 3.63) is 255 Å². The molecular weight excluding hydrogens is 1800 g/mol. The minimum atomic E-state index is -1.09. The molecule has 10 aromatic rings. The van der Waals surface area contributed by atoms with E-state index in [1.807, 2.05) is 171 Å². The van der Waals surface area contributed by atoms with Crippen molar-refractivity contribution in [2.45, 2.75) is 0 Å². The first-order chi connectivity index (χ1) is 48.8. The van der Waals surface area contributed by atoms with Crippen molar-refractivity contribution >= 4 is 92.9 Å². The van der Waals surface area contributed by atoms with E-state index < -0.39 is 47.6 Å². The predicted octanol–water partition coefficient (Wildman–Crippen LogP) is 11.8. The van der Waals surface area contributed by atoms with Crippen molar-refractivity contribution in [2.75, 3.05) is 42.3 Å². The summed E-state index contributed by atoms with van der Waals surface area (Å²) in [6.45, 7) is 0. The summed E-state index contributed by atoms with van der Waals surface area (Å²) in [7, 11) is 11.6. The van der Waals surface area contributed by atoms with Gasteiger partial charge in [-0.25, -0.2) is 35.1 Å². The Morgan fingerprint density at radius 3 is 0.875 bits per heavy atom. The number of rotatable bonds is 12. The van der Waals surface area contributed by atoms with Crippen LogP contribution in [-0.2, 0) is 60.6 Å². The summed E-state index contributed by atoms with van der Waals surface area (Å²) < 4.78 is 136. The van der Waals surface area contributed by atoms with Gasteiger partial charge in [0.05, 0.1) is 34.1 Å². The van der Waals surface area contributed by atoms with Crippen molar-refractivity contribution in [3.8, 4) is 56.5 Å². The number of pyridine rings is 6. The van der Waals surface area contributed by atoms with Crippen molar-refractivity contribution in [2.24, 2.45) is 0 Å². The molecule has 0 amide bonds. The van der Waals surface area contributed by atoms with E-state index in [-0.39, 0.29) is 106 Å². The molecule has 16 rings (SSSR count). The van der Waals surface area contributed by atoms with Gasteiger partial charge >= 0.3 is 96.7 Å². The SMILES string of the molecule is C[N+]1=C=[N+](c2[c-]c([N+]3=C=[N+](C)c4ccccc43)c([N+]3=C=[N+](C)C=C3)[c-]c2Oc2[c-]c([N+]3=C=[N+](C)C=C3)c([N+]3=C=[N+](C)c4ccccc43)[c-]c2[N+]2=C=[N+](C)C=C2)C=C1.Fc1c[c-]c(-c2cccc(-c3[c-]cc(F)nc3F)n2)c(F)n1.Fc1c[c-]c(-c2cccc(-c3[c-]cc(F)nc3F)n2)c(F)n1.[Ir+3].[Pt+2].[Rh+3]. The van der Waals surface area contributed by atoms with Crippen LogP contribution in [0, 0.1) is 96.1 Å². The number of halogens is 8. The zero-order valence-electron chi connectivity index (χ0n) is 54.5. The molecule has 0 unspecified atom stereocenters. The number of aromatic nitrogens is 6. The first-order valence-corrected chi connectivity index (χ1v) is 30.1. The zero-order valence-corrected chi connectivity index (χ0v) is 60.8. The summed E-state index contributed by atoms with van der Waals surface area (Å²) in [5.74, 6) is -7.70. The number of para-hydroxylation sites is 4. The van der Waals surface area contributed by atoms with Crippen molar-refractivity contribution in [1.82, 2.24) is 39.1 Å². The van der Waals surface area contributed by atoms with E-state index in [1.54, 1.807) is 0 Å². The number of ether oxygens (including phenoxy) is 1. The molecule has 0 aliphatic carbocycles. The Balaban J connectivity index is 0.000000189. The molecule has 6 aromatic heterocycles. The van der Waals surface area contributed by atoms with Gasteiger partial charge in [0.1, 0.15) is 47.6 Å². The quantitative estimate of drug-likeness (QED) is 0.0392. The fourth-order valence-electron chi connectivity index (χ4n) is 10.6. The average Bonchev–Trinajstić information content (AvgIpc) is 1.55. The molecule has 0 saturated carbocycles. The Kier molecular flexibility index (Phi) is 21.8. The van der Waals surface area contributed by atoms with E-state index in [9.17, 15) is 35.1 Å². The third-order valence-electron chi connectivity index (χ3n) is 15.2. The second-order valence-corrected chi connectivity index (χ2v) is 22.2. The van der Waals surface area contributed by atoms with Crippen LogP contribution in [-0.4, -0.2) is 154 Å². The molecule has 6 aliphatic rings. The second kappa shape index (κ2) is 30.8. The topological polar surface area (TPSA) is 123 Å². The molecule has 12 heterocycles. The van der Waals surface area contributed by atoms with Crippen molar-refractivity contribution in [3.63, 3.8) is 0 Å². The predicted molar refractivity (Wildman–Crippen MR) is 343 cm³/mol. The van der Waals surface area contributed by atoms with E-state index in [4.69, 9.17) is 4.74 Å². The first kappa shape index (κ1) is 73.4. The summed E-state index contributed by atoms with van der Waals surface area (Å²) in [5.41, 5.74) is 7.27. The molecule has 30 heteroatoms. The molecule has 104 heavy (non-hydrogen) atoms. The van der Waals surface area contributed by atoms with E-state index in [1.165, 1.54) is 36.4 Å². The van der Waals surface area contributed by atoms with Crippen LogP contribution in [0.5, 0.6) is 11.5 Å². The Labute approximate surface area is 627 Å². The van der Waals surface area contributed by atoms with Crippen LogP contribution in [0.2, 0.25) is 0 Å². The van der Waals surface area contributed by atoms with Gasteiger partial charge in [0.15, 0.2) is 42.3 Å². The normalized spacial score (nSPS) is 13.6. The van der Waals surface area contributed by atoms with Crippen LogP contribution in [0.15, 0.2) is 159 Å². The molecule has 6 aliphatic heterocycles. The van der Waals surface area contributed by atoms with E-state index in [0.29, 0.717) is 45.6 Å². The van der Waals surface area contributed by atoms with Gasteiger partial charge in [0, 0.05) is 24.3 Å². The molecule has 0 bridgehead atoms. The Bertz CT molecular complexity index is 5440. The fourth-order valence-corrected chi connectivity index (χ4v) is 10.6. The van der Waals surface area contributed by atoms with E-state index in [0.717, 1.165) is 47.0 Å². The van der Waals surface area contributed by atoms with Crippen LogP contribution >= 0.6 is 0 Å². The standard InChI is InChI=1S/C44H34N12O.2C15H5F4N3.Ir.Pt.Rh/c1-45-15-19-51(27-45)37-25-43(41(53-21-17-47(3)29-53)23-39(37)55-31-49(5)33-11-7-9-13-35(33)55)57-44-26-38(52-20-16-46(2)28-52)40(24-42(44)54-22-18-48(4)30-54)56-32-50(6)34-12-8-10-14-36(34)56;2*16-12-6-4-8(14(18)21-12)10-2-1-3-11(20-10)9-5-7-13(17)22-15(9)19;;;/h7-22H,1-6H3;2*1-3,6-7H;;;/q+8;2*-2;+3;+2;+3. The van der Waals surface area contributed by atoms with Crippen LogP contribution in [0.4, 0.5) is 92.0 Å². The fraction of sp³-hybridized carbons (Fsp3) is 0.0811. The molecule has 0 N–H and O–H groups in total. The average molecular weight is 1840 g/mol. The first-order valence-electron chi connectivity index (χ1n) is 30.1. The van der Waals surface area contributed by atoms with Gasteiger partial charge in [0.2, 0.25) is 49.6 Å². The van der Waals surface area contributed by atoms with Crippen LogP contribution in [0.1, 0.15) is 0 Å². The summed E-state index contributed by atoms with van der Waals surface area (Å²) >= 11 is 0. The van der Waals surface area contributed by atoms with Crippen LogP contribution in [0.25, 0.3) is 45.0 Å². The molecule has 508 valence electrons. The van der Waals surface area contributed by atoms with Gasteiger partial charge in [0.25, 0.3) is 22.7 Å². The largest absolute Gasteiger partial charge is 3.00 e. The Morgan fingerprint density at radius 1 is 0.327 bits per heavy atom. The molecule has 0 spiro atoms. The van der Waals surface area contributed by atoms with Crippen molar-refractivity contribution < 1.29 is 146 Å². The van der Waals surface area contributed by atoms with Gasteiger partial charge in [-0.2, -0.15) is 24.3 Å². The number of nitrogens with zero attached hydrogens (tertiary/aromatic N) is 18. The van der Waals surface area contributed by atoms with Gasteiger partial charge < -0.3 is 14.7 Å². The molecule has 4 aromatic carbocycles. The van der Waals surface area contributed by atoms with E-state index >= 15 is 0 Å². The van der Waals surface area contributed by atoms with Crippen LogP contribution < -0.4 is 13.9 Å². The third-order valence-corrected chi connectivity index (χ3v) is 15.2. The summed E-state index contributed by atoms with van der Waals surface area (Å²) in [6, 6.07) is 72.9. The third kappa shape index (κ3) is 15.1. The summed E-state index contributed by atoms with van der Waals surface area (Å²) in [4.78, 5) is 20.2. The molecular formula is C74H44F8IrN18OPtRh+12.